The number of hydrogen-bond donors (Lipinski definition) is 2. The highest BCUT2D eigenvalue weighted by atomic mass is 79.9. The molecule has 1 aromatic rings. The molecular weight excluding hydrogens is 308 g/mol. The third-order valence-corrected chi connectivity index (χ3v) is 4.44. The van der Waals surface area contributed by atoms with Gasteiger partial charge in [-0.3, -0.25) is 4.79 Å². The van der Waals surface area contributed by atoms with Crippen molar-refractivity contribution in [1.82, 2.24) is 5.32 Å². The van der Waals surface area contributed by atoms with Crippen molar-refractivity contribution in [2.75, 3.05) is 0 Å². The van der Waals surface area contributed by atoms with Crippen molar-refractivity contribution in [2.45, 2.75) is 20.4 Å². The number of amides is 1. The standard InChI is InChI=1S/C10H13BrN2OS2/c1-10(2,8(12)15)9(14)13-4-7-3-6(11)5-16-7/h3,5H,4H2,1-2H3,(H2,12,15)(H,13,14). The first-order valence-corrected chi connectivity index (χ1v) is 6.73. The van der Waals surface area contributed by atoms with Crippen LogP contribution in [0.4, 0.5) is 0 Å². The fourth-order valence-corrected chi connectivity index (χ4v) is 2.43. The van der Waals surface area contributed by atoms with Gasteiger partial charge in [-0.1, -0.05) is 12.2 Å². The second kappa shape index (κ2) is 5.25. The molecule has 0 fully saturated rings. The molecule has 0 aliphatic heterocycles. The van der Waals surface area contributed by atoms with Crippen LogP contribution in [0.3, 0.4) is 0 Å². The van der Waals surface area contributed by atoms with Crippen LogP contribution in [0.2, 0.25) is 0 Å². The number of halogens is 1. The van der Waals surface area contributed by atoms with Gasteiger partial charge in [0, 0.05) is 14.7 Å². The van der Waals surface area contributed by atoms with Gasteiger partial charge >= 0.3 is 0 Å². The SMILES string of the molecule is CC(C)(C(=O)NCc1cc(Br)cs1)C(N)=S. The zero-order valence-electron chi connectivity index (χ0n) is 9.04. The zero-order chi connectivity index (χ0) is 12.3. The molecule has 1 heterocycles. The molecule has 0 saturated carbocycles. The van der Waals surface area contributed by atoms with Gasteiger partial charge in [0.05, 0.1) is 16.9 Å². The molecule has 0 aliphatic carbocycles. The average Bonchev–Trinajstić information content (AvgIpc) is 2.60. The Morgan fingerprint density at radius 3 is 2.75 bits per heavy atom. The number of thiophene rings is 1. The highest BCUT2D eigenvalue weighted by Gasteiger charge is 2.30. The second-order valence-electron chi connectivity index (χ2n) is 3.90. The topological polar surface area (TPSA) is 55.1 Å². The summed E-state index contributed by atoms with van der Waals surface area (Å²) in [6, 6.07) is 1.97. The smallest absolute Gasteiger partial charge is 0.232 e. The molecular formula is C10H13BrN2OS2. The molecule has 16 heavy (non-hydrogen) atoms. The van der Waals surface area contributed by atoms with Crippen LogP contribution in [0.5, 0.6) is 0 Å². The fraction of sp³-hybridized carbons (Fsp3) is 0.400. The highest BCUT2D eigenvalue weighted by molar-refractivity contribution is 9.10. The molecule has 3 N–H and O–H groups in total. The third-order valence-electron chi connectivity index (χ3n) is 2.23. The van der Waals surface area contributed by atoms with E-state index in [1.807, 2.05) is 11.4 Å². The Morgan fingerprint density at radius 1 is 1.69 bits per heavy atom. The van der Waals surface area contributed by atoms with Gasteiger partial charge < -0.3 is 11.1 Å². The molecule has 88 valence electrons. The van der Waals surface area contributed by atoms with E-state index < -0.39 is 5.41 Å². The van der Waals surface area contributed by atoms with Crippen LogP contribution in [0, 0.1) is 5.41 Å². The van der Waals surface area contributed by atoms with E-state index in [-0.39, 0.29) is 10.9 Å². The minimum Gasteiger partial charge on any atom is -0.392 e. The van der Waals surface area contributed by atoms with E-state index in [0.29, 0.717) is 6.54 Å². The molecule has 0 unspecified atom stereocenters. The number of hydrogen-bond acceptors (Lipinski definition) is 3. The van der Waals surface area contributed by atoms with Crippen molar-refractivity contribution in [3.63, 3.8) is 0 Å². The van der Waals surface area contributed by atoms with Crippen LogP contribution in [0.25, 0.3) is 0 Å². The summed E-state index contributed by atoms with van der Waals surface area (Å²) in [5.41, 5.74) is 4.71. The minimum atomic E-state index is -0.802. The lowest BCUT2D eigenvalue weighted by Crippen LogP contribution is -2.44. The maximum absolute atomic E-state index is 11.8. The van der Waals surface area contributed by atoms with E-state index in [4.69, 9.17) is 18.0 Å². The summed E-state index contributed by atoms with van der Waals surface area (Å²) in [7, 11) is 0. The van der Waals surface area contributed by atoms with Gasteiger partial charge in [-0.05, 0) is 35.8 Å². The Balaban J connectivity index is 2.56. The van der Waals surface area contributed by atoms with Crippen molar-refractivity contribution in [2.24, 2.45) is 11.1 Å². The molecule has 1 amide bonds. The Morgan fingerprint density at radius 2 is 2.31 bits per heavy atom. The van der Waals surface area contributed by atoms with Crippen molar-refractivity contribution >= 4 is 50.4 Å². The maximum atomic E-state index is 11.8. The van der Waals surface area contributed by atoms with E-state index in [0.717, 1.165) is 9.35 Å². The van der Waals surface area contributed by atoms with Gasteiger partial charge in [-0.2, -0.15) is 0 Å². The molecule has 0 bridgehead atoms. The number of carbonyl (C=O) groups is 1. The fourth-order valence-electron chi connectivity index (χ4n) is 0.947. The molecule has 0 spiro atoms. The molecule has 0 atom stereocenters. The van der Waals surface area contributed by atoms with Gasteiger partial charge in [0.2, 0.25) is 5.91 Å². The molecule has 0 saturated heterocycles. The normalized spacial score (nSPS) is 11.2. The van der Waals surface area contributed by atoms with Crippen molar-refractivity contribution in [3.8, 4) is 0 Å². The summed E-state index contributed by atoms with van der Waals surface area (Å²) < 4.78 is 1.02. The zero-order valence-corrected chi connectivity index (χ0v) is 12.3. The summed E-state index contributed by atoms with van der Waals surface area (Å²) in [6.07, 6.45) is 0. The van der Waals surface area contributed by atoms with Crippen molar-refractivity contribution in [1.29, 1.82) is 0 Å². The molecule has 1 aromatic heterocycles. The maximum Gasteiger partial charge on any atom is 0.232 e. The number of nitrogens with one attached hydrogen (secondary N) is 1. The van der Waals surface area contributed by atoms with Crippen LogP contribution < -0.4 is 11.1 Å². The quantitative estimate of drug-likeness (QED) is 0.838. The predicted molar refractivity (Wildman–Crippen MR) is 74.4 cm³/mol. The first-order chi connectivity index (χ1) is 7.34. The van der Waals surface area contributed by atoms with Crippen LogP contribution in [0.1, 0.15) is 18.7 Å². The summed E-state index contributed by atoms with van der Waals surface area (Å²) >= 11 is 9.80. The van der Waals surface area contributed by atoms with Crippen LogP contribution >= 0.6 is 39.5 Å². The monoisotopic (exact) mass is 320 g/mol. The van der Waals surface area contributed by atoms with Crippen molar-refractivity contribution in [3.05, 3.63) is 20.8 Å². The number of rotatable bonds is 4. The lowest BCUT2D eigenvalue weighted by molar-refractivity contribution is -0.126. The van der Waals surface area contributed by atoms with Gasteiger partial charge in [-0.25, -0.2) is 0 Å². The van der Waals surface area contributed by atoms with E-state index in [1.165, 1.54) is 0 Å². The summed E-state index contributed by atoms with van der Waals surface area (Å²) in [5.74, 6) is -0.149. The van der Waals surface area contributed by atoms with Gasteiger partial charge in [-0.15, -0.1) is 11.3 Å². The number of carbonyl (C=O) groups excluding carboxylic acids is 1. The molecule has 0 radical (unpaired) electrons. The van der Waals surface area contributed by atoms with E-state index in [9.17, 15) is 4.79 Å². The van der Waals surface area contributed by atoms with Gasteiger partial charge in [0.1, 0.15) is 0 Å². The number of thiocarbonyl (C=S) groups is 1. The van der Waals surface area contributed by atoms with Gasteiger partial charge in [0.25, 0.3) is 0 Å². The minimum absolute atomic E-state index is 0.149. The average molecular weight is 321 g/mol. The Labute approximate surface area is 113 Å². The first-order valence-electron chi connectivity index (χ1n) is 4.65. The van der Waals surface area contributed by atoms with E-state index in [1.54, 1.807) is 25.2 Å². The second-order valence-corrected chi connectivity index (χ2v) is 6.25. The molecule has 0 aromatic carbocycles. The van der Waals surface area contributed by atoms with Crippen LogP contribution in [-0.4, -0.2) is 10.9 Å². The summed E-state index contributed by atoms with van der Waals surface area (Å²) in [6.45, 7) is 3.94. The largest absolute Gasteiger partial charge is 0.392 e. The summed E-state index contributed by atoms with van der Waals surface area (Å²) in [4.78, 5) is 13.1. The lowest BCUT2D eigenvalue weighted by Gasteiger charge is -2.21. The number of nitrogens with two attached hydrogens (primary N) is 1. The van der Waals surface area contributed by atoms with Gasteiger partial charge in [0.15, 0.2) is 0 Å². The third kappa shape index (κ3) is 3.26. The highest BCUT2D eigenvalue weighted by Crippen LogP contribution is 2.20. The van der Waals surface area contributed by atoms with Crippen molar-refractivity contribution < 1.29 is 4.79 Å². The van der Waals surface area contributed by atoms with E-state index >= 15 is 0 Å². The van der Waals surface area contributed by atoms with Crippen LogP contribution in [0.15, 0.2) is 15.9 Å². The Bertz CT molecular complexity index is 415. The summed E-state index contributed by atoms with van der Waals surface area (Å²) in [5, 5.41) is 4.79. The Kier molecular flexibility index (Phi) is 4.46. The van der Waals surface area contributed by atoms with Crippen LogP contribution in [-0.2, 0) is 11.3 Å². The molecule has 3 nitrogen and oxygen atoms in total. The lowest BCUT2D eigenvalue weighted by atomic mass is 9.92. The first kappa shape index (κ1) is 13.6. The predicted octanol–water partition coefficient (Wildman–Crippen LogP) is 2.44. The molecule has 6 heteroatoms. The molecule has 0 aliphatic rings. The Hall–Kier alpha value is -0.460. The van der Waals surface area contributed by atoms with E-state index in [2.05, 4.69) is 21.2 Å². The molecule has 1 rings (SSSR count).